The van der Waals surface area contributed by atoms with Crippen LogP contribution in [0.1, 0.15) is 29.1 Å². The average Bonchev–Trinajstić information content (AvgIpc) is 3.23. The fraction of sp³-hybridized carbons (Fsp3) is 0.318. The van der Waals surface area contributed by atoms with E-state index in [1.807, 2.05) is 36.4 Å². The Morgan fingerprint density at radius 2 is 1.97 bits per heavy atom. The lowest BCUT2D eigenvalue weighted by Crippen LogP contribution is -2.38. The van der Waals surface area contributed by atoms with Gasteiger partial charge in [-0.2, -0.15) is 0 Å². The molecule has 7 heteroatoms. The van der Waals surface area contributed by atoms with Crippen molar-refractivity contribution in [3.8, 4) is 11.3 Å². The smallest absolute Gasteiger partial charge is 0.269 e. The highest BCUT2D eigenvalue weighted by Gasteiger charge is 2.21. The van der Waals surface area contributed by atoms with Crippen LogP contribution in [-0.2, 0) is 6.54 Å². The Labute approximate surface area is 174 Å². The van der Waals surface area contributed by atoms with Crippen molar-refractivity contribution in [1.29, 1.82) is 0 Å². The molecule has 0 spiro atoms. The fourth-order valence-electron chi connectivity index (χ4n) is 3.54. The van der Waals surface area contributed by atoms with E-state index in [1.54, 1.807) is 12.1 Å². The van der Waals surface area contributed by atoms with E-state index in [-0.39, 0.29) is 5.91 Å². The Balaban J connectivity index is 1.22. The zero-order valence-electron chi connectivity index (χ0n) is 16.1. The normalized spacial score (nSPS) is 15.3. The maximum absolute atomic E-state index is 12.2. The molecule has 1 saturated heterocycles. The number of amides is 1. The second-order valence-electron chi connectivity index (χ2n) is 7.34. The van der Waals surface area contributed by atoms with E-state index in [4.69, 9.17) is 16.1 Å². The first-order chi connectivity index (χ1) is 14.2. The van der Waals surface area contributed by atoms with E-state index in [1.165, 1.54) is 6.20 Å². The lowest BCUT2D eigenvalue weighted by molar-refractivity contribution is 0.0928. The summed E-state index contributed by atoms with van der Waals surface area (Å²) >= 11 is 5.81. The molecule has 1 aromatic carbocycles. The van der Waals surface area contributed by atoms with Crippen molar-refractivity contribution in [2.45, 2.75) is 19.4 Å². The molecule has 1 aliphatic rings. The summed E-state index contributed by atoms with van der Waals surface area (Å²) in [4.78, 5) is 18.6. The molecule has 3 heterocycles. The largest absolute Gasteiger partial charge is 0.359 e. The lowest BCUT2D eigenvalue weighted by Gasteiger charge is -2.31. The third kappa shape index (κ3) is 5.22. The van der Waals surface area contributed by atoms with Crippen LogP contribution >= 0.6 is 11.6 Å². The molecule has 0 radical (unpaired) electrons. The number of hydrogen-bond acceptors (Lipinski definition) is 5. The van der Waals surface area contributed by atoms with Crippen LogP contribution in [0.25, 0.3) is 11.3 Å². The first-order valence-corrected chi connectivity index (χ1v) is 10.2. The van der Waals surface area contributed by atoms with E-state index in [2.05, 4.69) is 20.4 Å². The van der Waals surface area contributed by atoms with Crippen LogP contribution in [0.2, 0.25) is 5.02 Å². The molecule has 6 nitrogen and oxygen atoms in total. The van der Waals surface area contributed by atoms with Gasteiger partial charge in [-0.1, -0.05) is 47.1 Å². The standard InChI is InChI=1S/C22H23ClN4O2/c23-18-6-7-20(24-14-18)22(28)25-13-16-8-10-27(11-9-16)15-19-12-21(26-29-19)17-4-2-1-3-5-17/h1-7,12,14,16H,8-11,13,15H2,(H,25,28). The quantitative estimate of drug-likeness (QED) is 0.664. The second-order valence-corrected chi connectivity index (χ2v) is 7.77. The minimum atomic E-state index is -0.154. The van der Waals surface area contributed by atoms with Gasteiger partial charge in [0, 0.05) is 24.4 Å². The summed E-state index contributed by atoms with van der Waals surface area (Å²) in [5.41, 5.74) is 2.33. The average molecular weight is 411 g/mol. The minimum absolute atomic E-state index is 0.154. The third-order valence-corrected chi connectivity index (χ3v) is 5.45. The maximum atomic E-state index is 12.2. The number of carbonyl (C=O) groups excluding carboxylic acids is 1. The Morgan fingerprint density at radius 1 is 1.17 bits per heavy atom. The topological polar surface area (TPSA) is 71.3 Å². The Kier molecular flexibility index (Phi) is 6.22. The van der Waals surface area contributed by atoms with Gasteiger partial charge in [-0.25, -0.2) is 4.98 Å². The Hall–Kier alpha value is -2.70. The van der Waals surface area contributed by atoms with Gasteiger partial charge in [0.2, 0.25) is 0 Å². The van der Waals surface area contributed by atoms with Gasteiger partial charge in [0.25, 0.3) is 5.91 Å². The molecule has 3 aromatic rings. The van der Waals surface area contributed by atoms with Crippen molar-refractivity contribution in [2.24, 2.45) is 5.92 Å². The first kappa shape index (κ1) is 19.6. The number of rotatable bonds is 6. The van der Waals surface area contributed by atoms with Gasteiger partial charge < -0.3 is 9.84 Å². The zero-order chi connectivity index (χ0) is 20.1. The van der Waals surface area contributed by atoms with Gasteiger partial charge >= 0.3 is 0 Å². The van der Waals surface area contributed by atoms with Gasteiger partial charge in [0.1, 0.15) is 11.4 Å². The minimum Gasteiger partial charge on any atom is -0.359 e. The van der Waals surface area contributed by atoms with Crippen LogP contribution in [-0.4, -0.2) is 40.6 Å². The highest BCUT2D eigenvalue weighted by Crippen LogP contribution is 2.22. The van der Waals surface area contributed by atoms with Gasteiger partial charge in [0.15, 0.2) is 5.76 Å². The molecule has 4 rings (SSSR count). The van der Waals surface area contributed by atoms with Gasteiger partial charge in [-0.15, -0.1) is 0 Å². The number of piperidine rings is 1. The summed E-state index contributed by atoms with van der Waals surface area (Å²) < 4.78 is 5.52. The monoisotopic (exact) mass is 410 g/mol. The summed E-state index contributed by atoms with van der Waals surface area (Å²) in [6.45, 7) is 3.37. The lowest BCUT2D eigenvalue weighted by atomic mass is 9.96. The van der Waals surface area contributed by atoms with Gasteiger partial charge in [-0.05, 0) is 44.0 Å². The van der Waals surface area contributed by atoms with Crippen LogP contribution in [0, 0.1) is 5.92 Å². The van der Waals surface area contributed by atoms with Crippen LogP contribution in [0.5, 0.6) is 0 Å². The predicted molar refractivity (Wildman–Crippen MR) is 112 cm³/mol. The molecule has 29 heavy (non-hydrogen) atoms. The molecule has 1 fully saturated rings. The third-order valence-electron chi connectivity index (χ3n) is 5.23. The number of nitrogens with zero attached hydrogens (tertiary/aromatic N) is 3. The summed E-state index contributed by atoms with van der Waals surface area (Å²) in [7, 11) is 0. The van der Waals surface area contributed by atoms with Crippen molar-refractivity contribution in [3.05, 3.63) is 71.2 Å². The summed E-state index contributed by atoms with van der Waals surface area (Å²) in [5.74, 6) is 1.20. The maximum Gasteiger partial charge on any atom is 0.269 e. The van der Waals surface area contributed by atoms with Gasteiger partial charge in [0.05, 0.1) is 11.6 Å². The molecule has 0 bridgehead atoms. The molecule has 1 amide bonds. The fourth-order valence-corrected chi connectivity index (χ4v) is 3.65. The summed E-state index contributed by atoms with van der Waals surface area (Å²) in [6, 6.07) is 15.4. The van der Waals surface area contributed by atoms with E-state index in [0.29, 0.717) is 23.2 Å². The van der Waals surface area contributed by atoms with Crippen LogP contribution in [0.3, 0.4) is 0 Å². The number of aromatic nitrogens is 2. The summed E-state index contributed by atoms with van der Waals surface area (Å²) in [5, 5.41) is 7.69. The Morgan fingerprint density at radius 3 is 2.69 bits per heavy atom. The van der Waals surface area contributed by atoms with Gasteiger partial charge in [-0.3, -0.25) is 9.69 Å². The number of pyridine rings is 1. The van der Waals surface area contributed by atoms with E-state index in [9.17, 15) is 4.79 Å². The van der Waals surface area contributed by atoms with E-state index in [0.717, 1.165) is 49.5 Å². The highest BCUT2D eigenvalue weighted by molar-refractivity contribution is 6.30. The number of halogens is 1. The number of benzene rings is 1. The van der Waals surface area contributed by atoms with Crippen molar-refractivity contribution < 1.29 is 9.32 Å². The van der Waals surface area contributed by atoms with Crippen LogP contribution in [0.4, 0.5) is 0 Å². The molecule has 0 saturated carbocycles. The number of nitrogens with one attached hydrogen (secondary N) is 1. The molecule has 0 atom stereocenters. The molecule has 2 aromatic heterocycles. The highest BCUT2D eigenvalue weighted by atomic mass is 35.5. The van der Waals surface area contributed by atoms with E-state index < -0.39 is 0 Å². The zero-order valence-corrected chi connectivity index (χ0v) is 16.8. The molecule has 150 valence electrons. The second kappa shape index (κ2) is 9.20. The number of hydrogen-bond donors (Lipinski definition) is 1. The van der Waals surface area contributed by atoms with Crippen molar-refractivity contribution >= 4 is 17.5 Å². The molecule has 1 aliphatic heterocycles. The molecule has 0 aliphatic carbocycles. The van der Waals surface area contributed by atoms with E-state index >= 15 is 0 Å². The van der Waals surface area contributed by atoms with Crippen molar-refractivity contribution in [1.82, 2.24) is 20.4 Å². The van der Waals surface area contributed by atoms with Crippen LogP contribution in [0.15, 0.2) is 59.3 Å². The summed E-state index contributed by atoms with van der Waals surface area (Å²) in [6.07, 6.45) is 3.56. The van der Waals surface area contributed by atoms with Crippen LogP contribution < -0.4 is 5.32 Å². The SMILES string of the molecule is O=C(NCC1CCN(Cc2cc(-c3ccccc3)no2)CC1)c1ccc(Cl)cn1. The molecular weight excluding hydrogens is 388 g/mol. The van der Waals surface area contributed by atoms with Crippen molar-refractivity contribution in [3.63, 3.8) is 0 Å². The van der Waals surface area contributed by atoms with Crippen molar-refractivity contribution in [2.75, 3.05) is 19.6 Å². The molecular formula is C22H23ClN4O2. The predicted octanol–water partition coefficient (Wildman–Crippen LogP) is 4.03. The molecule has 1 N–H and O–H groups in total. The first-order valence-electron chi connectivity index (χ1n) is 9.80. The number of carbonyl (C=O) groups is 1. The molecule has 0 unspecified atom stereocenters. The Bertz CT molecular complexity index is 935. The number of likely N-dealkylation sites (tertiary alicyclic amines) is 1.